The van der Waals surface area contributed by atoms with E-state index < -0.39 is 29.5 Å². The predicted octanol–water partition coefficient (Wildman–Crippen LogP) is 2.66. The van der Waals surface area contributed by atoms with Gasteiger partial charge in [-0.3, -0.25) is 9.59 Å². The van der Waals surface area contributed by atoms with E-state index in [1.165, 1.54) is 18.2 Å². The summed E-state index contributed by atoms with van der Waals surface area (Å²) in [6.45, 7) is 0. The highest BCUT2D eigenvalue weighted by Crippen LogP contribution is 2.33. The van der Waals surface area contributed by atoms with E-state index in [0.29, 0.717) is 25.7 Å². The lowest BCUT2D eigenvalue weighted by atomic mass is 9.86. The smallest absolute Gasteiger partial charge is 0.418 e. The van der Waals surface area contributed by atoms with Gasteiger partial charge in [-0.15, -0.1) is 5.10 Å². The van der Waals surface area contributed by atoms with E-state index in [4.69, 9.17) is 5.11 Å². The third kappa shape index (κ3) is 4.26. The number of halogens is 3. The van der Waals surface area contributed by atoms with E-state index in [2.05, 4.69) is 15.6 Å². The van der Waals surface area contributed by atoms with Crippen LogP contribution in [0, 0.1) is 5.92 Å². The number of rotatable bonds is 4. The summed E-state index contributed by atoms with van der Waals surface area (Å²) in [6, 6.07) is 4.68. The van der Waals surface area contributed by atoms with E-state index in [1.807, 2.05) is 0 Å². The highest BCUT2D eigenvalue weighted by Gasteiger charge is 2.34. The van der Waals surface area contributed by atoms with Crippen molar-refractivity contribution in [2.45, 2.75) is 37.9 Å². The fourth-order valence-electron chi connectivity index (χ4n) is 3.14. The first-order valence-corrected chi connectivity index (χ1v) is 8.38. The molecule has 1 aromatic heterocycles. The Morgan fingerprint density at radius 2 is 1.81 bits per heavy atom. The minimum atomic E-state index is -4.56. The van der Waals surface area contributed by atoms with Crippen molar-refractivity contribution in [3.8, 4) is 5.69 Å². The molecule has 0 bridgehead atoms. The Morgan fingerprint density at radius 1 is 1.15 bits per heavy atom. The van der Waals surface area contributed by atoms with Crippen molar-refractivity contribution in [1.82, 2.24) is 20.3 Å². The van der Waals surface area contributed by atoms with Crippen LogP contribution in [0.1, 0.15) is 41.7 Å². The van der Waals surface area contributed by atoms with Gasteiger partial charge in [0.1, 0.15) is 0 Å². The third-order valence-electron chi connectivity index (χ3n) is 4.59. The van der Waals surface area contributed by atoms with Crippen LogP contribution in [0.2, 0.25) is 0 Å². The van der Waals surface area contributed by atoms with E-state index in [0.717, 1.165) is 16.9 Å². The molecular formula is C17H17F3N4O3. The fourth-order valence-corrected chi connectivity index (χ4v) is 3.14. The average Bonchev–Trinajstić information content (AvgIpc) is 3.11. The molecule has 3 rings (SSSR count). The Balaban J connectivity index is 1.70. The summed E-state index contributed by atoms with van der Waals surface area (Å²) in [5, 5.41) is 19.0. The molecule has 0 aliphatic heterocycles. The molecule has 1 aromatic carbocycles. The number of nitrogens with one attached hydrogen (secondary N) is 1. The van der Waals surface area contributed by atoms with Crippen molar-refractivity contribution in [2.24, 2.45) is 5.92 Å². The lowest BCUT2D eigenvalue weighted by Crippen LogP contribution is -2.38. The highest BCUT2D eigenvalue weighted by atomic mass is 19.4. The molecule has 144 valence electrons. The maximum Gasteiger partial charge on any atom is 0.418 e. The van der Waals surface area contributed by atoms with Gasteiger partial charge in [0.05, 0.1) is 23.4 Å². The topological polar surface area (TPSA) is 97.1 Å². The molecule has 1 aliphatic carbocycles. The van der Waals surface area contributed by atoms with Crippen molar-refractivity contribution in [1.29, 1.82) is 0 Å². The van der Waals surface area contributed by atoms with Crippen LogP contribution in [0.15, 0.2) is 30.5 Å². The number of aromatic nitrogens is 3. The zero-order chi connectivity index (χ0) is 19.6. The number of alkyl halides is 3. The number of aliphatic carboxylic acids is 1. The Morgan fingerprint density at radius 3 is 2.44 bits per heavy atom. The Hall–Kier alpha value is -2.91. The SMILES string of the molecule is O=C(NC1CCC(C(=O)O)CC1)c1cn(-c2ccccc2C(F)(F)F)nn1. The second kappa shape index (κ2) is 7.37. The van der Waals surface area contributed by atoms with Gasteiger partial charge in [-0.05, 0) is 37.8 Å². The molecule has 0 unspecified atom stereocenters. The lowest BCUT2D eigenvalue weighted by molar-refractivity contribution is -0.143. The van der Waals surface area contributed by atoms with Crippen LogP contribution in [0.25, 0.3) is 5.69 Å². The van der Waals surface area contributed by atoms with Crippen molar-refractivity contribution in [3.63, 3.8) is 0 Å². The van der Waals surface area contributed by atoms with Gasteiger partial charge in [-0.1, -0.05) is 17.3 Å². The molecule has 7 nitrogen and oxygen atoms in total. The predicted molar refractivity (Wildman–Crippen MR) is 87.2 cm³/mol. The first kappa shape index (κ1) is 18.9. The molecule has 2 N–H and O–H groups in total. The molecule has 2 aromatic rings. The van der Waals surface area contributed by atoms with Gasteiger partial charge in [-0.2, -0.15) is 13.2 Å². The maximum atomic E-state index is 13.1. The molecule has 1 aliphatic rings. The number of carbonyl (C=O) groups excluding carboxylic acids is 1. The van der Waals surface area contributed by atoms with Crippen molar-refractivity contribution in [3.05, 3.63) is 41.7 Å². The summed E-state index contributed by atoms with van der Waals surface area (Å²) in [4.78, 5) is 23.2. The molecular weight excluding hydrogens is 365 g/mol. The molecule has 10 heteroatoms. The number of para-hydroxylation sites is 1. The minimum Gasteiger partial charge on any atom is -0.481 e. The van der Waals surface area contributed by atoms with Crippen molar-refractivity contribution >= 4 is 11.9 Å². The van der Waals surface area contributed by atoms with Gasteiger partial charge in [0.25, 0.3) is 5.91 Å². The second-order valence-electron chi connectivity index (χ2n) is 6.42. The van der Waals surface area contributed by atoms with Crippen LogP contribution in [-0.2, 0) is 11.0 Å². The molecule has 0 radical (unpaired) electrons. The van der Waals surface area contributed by atoms with E-state index in [1.54, 1.807) is 0 Å². The van der Waals surface area contributed by atoms with E-state index >= 15 is 0 Å². The number of hydrogen-bond donors (Lipinski definition) is 2. The standard InChI is InChI=1S/C17H17F3N4O3/c18-17(19,20)12-3-1-2-4-14(12)24-9-13(22-23-24)15(25)21-11-7-5-10(6-8-11)16(26)27/h1-4,9-11H,5-8H2,(H,21,25)(H,26,27). The quantitative estimate of drug-likeness (QED) is 0.847. The Kier molecular flexibility index (Phi) is 5.15. The van der Waals surface area contributed by atoms with Gasteiger partial charge < -0.3 is 10.4 Å². The maximum absolute atomic E-state index is 13.1. The molecule has 1 saturated carbocycles. The van der Waals surface area contributed by atoms with Gasteiger partial charge in [0.15, 0.2) is 5.69 Å². The number of nitrogens with zero attached hydrogens (tertiary/aromatic N) is 3. The normalized spacial score (nSPS) is 20.3. The van der Waals surface area contributed by atoms with E-state index in [-0.39, 0.29) is 17.4 Å². The van der Waals surface area contributed by atoms with Crippen LogP contribution in [0.5, 0.6) is 0 Å². The van der Waals surface area contributed by atoms with Gasteiger partial charge in [-0.25, -0.2) is 4.68 Å². The van der Waals surface area contributed by atoms with Crippen LogP contribution in [0.4, 0.5) is 13.2 Å². The fraction of sp³-hybridized carbons (Fsp3) is 0.412. The third-order valence-corrected chi connectivity index (χ3v) is 4.59. The monoisotopic (exact) mass is 382 g/mol. The van der Waals surface area contributed by atoms with Crippen LogP contribution in [-0.4, -0.2) is 38.0 Å². The summed E-state index contributed by atoms with van der Waals surface area (Å²) < 4.78 is 40.3. The molecule has 0 saturated heterocycles. The van der Waals surface area contributed by atoms with Crippen LogP contribution >= 0.6 is 0 Å². The van der Waals surface area contributed by atoms with Gasteiger partial charge in [0, 0.05) is 6.04 Å². The summed E-state index contributed by atoms with van der Waals surface area (Å²) in [6.07, 6.45) is -1.45. The molecule has 1 heterocycles. The summed E-state index contributed by atoms with van der Waals surface area (Å²) in [5.74, 6) is -1.80. The number of amides is 1. The number of carboxylic acids is 1. The van der Waals surface area contributed by atoms with Crippen molar-refractivity contribution in [2.75, 3.05) is 0 Å². The van der Waals surface area contributed by atoms with E-state index in [9.17, 15) is 22.8 Å². The first-order valence-electron chi connectivity index (χ1n) is 8.38. The Bertz CT molecular complexity index is 842. The molecule has 1 amide bonds. The highest BCUT2D eigenvalue weighted by molar-refractivity contribution is 5.92. The second-order valence-corrected chi connectivity index (χ2v) is 6.42. The molecule has 27 heavy (non-hydrogen) atoms. The molecule has 0 atom stereocenters. The van der Waals surface area contributed by atoms with Crippen molar-refractivity contribution < 1.29 is 27.9 Å². The lowest BCUT2D eigenvalue weighted by Gasteiger charge is -2.26. The largest absolute Gasteiger partial charge is 0.481 e. The van der Waals surface area contributed by atoms with Gasteiger partial charge in [0.2, 0.25) is 0 Å². The minimum absolute atomic E-state index is 0.104. The summed E-state index contributed by atoms with van der Waals surface area (Å²) >= 11 is 0. The Labute approximate surface area is 152 Å². The van der Waals surface area contributed by atoms with Crippen LogP contribution < -0.4 is 5.32 Å². The number of hydrogen-bond acceptors (Lipinski definition) is 4. The molecule has 0 spiro atoms. The molecule has 1 fully saturated rings. The van der Waals surface area contributed by atoms with Crippen LogP contribution in [0.3, 0.4) is 0 Å². The average molecular weight is 382 g/mol. The zero-order valence-electron chi connectivity index (χ0n) is 14.1. The summed E-state index contributed by atoms with van der Waals surface area (Å²) in [5.41, 5.74) is -1.21. The van der Waals surface area contributed by atoms with Gasteiger partial charge >= 0.3 is 12.1 Å². The number of carbonyl (C=O) groups is 2. The number of benzene rings is 1. The first-order chi connectivity index (χ1) is 12.8. The summed E-state index contributed by atoms with van der Waals surface area (Å²) in [7, 11) is 0. The number of carboxylic acid groups (broad SMARTS) is 1. The zero-order valence-corrected chi connectivity index (χ0v) is 14.1.